The van der Waals surface area contributed by atoms with Gasteiger partial charge >= 0.3 is 0 Å². The monoisotopic (exact) mass is 224 g/mol. The van der Waals surface area contributed by atoms with E-state index in [0.717, 1.165) is 0 Å². The second-order valence-corrected chi connectivity index (χ2v) is 4.17. The van der Waals surface area contributed by atoms with Crippen molar-refractivity contribution in [1.82, 2.24) is 10.2 Å². The number of hydrogen-bond acceptors (Lipinski definition) is 4. The molecule has 0 saturated heterocycles. The van der Waals surface area contributed by atoms with Gasteiger partial charge in [-0.05, 0) is 19.4 Å². The Labute approximate surface area is 94.4 Å². The summed E-state index contributed by atoms with van der Waals surface area (Å²) in [5.41, 5.74) is -1.05. The van der Waals surface area contributed by atoms with E-state index in [0.29, 0.717) is 5.57 Å². The van der Waals surface area contributed by atoms with E-state index in [2.05, 4.69) is 5.32 Å². The zero-order valence-corrected chi connectivity index (χ0v) is 9.87. The van der Waals surface area contributed by atoms with Gasteiger partial charge in [-0.25, -0.2) is 0 Å². The van der Waals surface area contributed by atoms with Crippen molar-refractivity contribution in [2.75, 3.05) is 14.1 Å². The smallest absolute Gasteiger partial charge is 0.257 e. The maximum Gasteiger partial charge on any atom is 0.257 e. The first kappa shape index (κ1) is 12.4. The molecule has 88 valence electrons. The average molecular weight is 224 g/mol. The van der Waals surface area contributed by atoms with Crippen molar-refractivity contribution in [3.8, 4) is 0 Å². The lowest BCUT2D eigenvalue weighted by Gasteiger charge is -2.17. The predicted molar refractivity (Wildman–Crippen MR) is 59.3 cm³/mol. The normalized spacial score (nSPS) is 25.2. The van der Waals surface area contributed by atoms with Crippen LogP contribution in [0.4, 0.5) is 0 Å². The van der Waals surface area contributed by atoms with Gasteiger partial charge in [0.25, 0.3) is 5.91 Å². The molecule has 0 aromatic heterocycles. The van der Waals surface area contributed by atoms with Gasteiger partial charge in [0.05, 0.1) is 5.57 Å². The lowest BCUT2D eigenvalue weighted by molar-refractivity contribution is -0.122. The van der Waals surface area contributed by atoms with E-state index >= 15 is 0 Å². The summed E-state index contributed by atoms with van der Waals surface area (Å²) in [6.45, 7) is 3.00. The molecule has 1 atom stereocenters. The topological polar surface area (TPSA) is 69.6 Å². The number of allylic oxidation sites excluding steroid dienone is 1. The van der Waals surface area contributed by atoms with Crippen molar-refractivity contribution in [3.63, 3.8) is 0 Å². The molecule has 0 aromatic carbocycles. The Morgan fingerprint density at radius 1 is 1.50 bits per heavy atom. The highest BCUT2D eigenvalue weighted by Gasteiger charge is 2.39. The first-order chi connectivity index (χ1) is 7.25. The Bertz CT molecular complexity index is 392. The molecule has 0 unspecified atom stereocenters. The molecule has 0 aromatic rings. The van der Waals surface area contributed by atoms with Crippen LogP contribution in [0.3, 0.4) is 0 Å². The Morgan fingerprint density at radius 2 is 2.06 bits per heavy atom. The highest BCUT2D eigenvalue weighted by Crippen LogP contribution is 2.24. The Morgan fingerprint density at radius 3 is 2.44 bits per heavy atom. The number of carbonyl (C=O) groups excluding carboxylic acids is 2. The zero-order valence-electron chi connectivity index (χ0n) is 9.87. The van der Waals surface area contributed by atoms with Gasteiger partial charge in [0.15, 0.2) is 11.5 Å². The van der Waals surface area contributed by atoms with Crippen LogP contribution in [-0.4, -0.2) is 41.5 Å². The molecule has 1 aliphatic rings. The van der Waals surface area contributed by atoms with E-state index in [1.54, 1.807) is 32.1 Å². The highest BCUT2D eigenvalue weighted by molar-refractivity contribution is 6.25. The molecule has 1 rings (SSSR count). The van der Waals surface area contributed by atoms with Crippen LogP contribution in [-0.2, 0) is 9.59 Å². The van der Waals surface area contributed by atoms with Crippen LogP contribution < -0.4 is 5.32 Å². The van der Waals surface area contributed by atoms with Crippen molar-refractivity contribution in [3.05, 3.63) is 23.4 Å². The molecule has 0 bridgehead atoms. The van der Waals surface area contributed by atoms with E-state index < -0.39 is 17.4 Å². The van der Waals surface area contributed by atoms with Crippen molar-refractivity contribution >= 4 is 11.7 Å². The van der Waals surface area contributed by atoms with Gasteiger partial charge in [0.1, 0.15) is 0 Å². The molecule has 5 heteroatoms. The third kappa shape index (κ3) is 2.30. The third-order valence-corrected chi connectivity index (χ3v) is 2.46. The minimum atomic E-state index is -1.42. The molecule has 5 nitrogen and oxygen atoms in total. The molecule has 0 aliphatic carbocycles. The fourth-order valence-electron chi connectivity index (χ4n) is 1.39. The van der Waals surface area contributed by atoms with Crippen molar-refractivity contribution < 1.29 is 14.7 Å². The summed E-state index contributed by atoms with van der Waals surface area (Å²) in [6, 6.07) is 0. The van der Waals surface area contributed by atoms with Crippen molar-refractivity contribution in [2.24, 2.45) is 0 Å². The summed E-state index contributed by atoms with van der Waals surface area (Å²) in [5, 5.41) is 12.1. The van der Waals surface area contributed by atoms with E-state index in [9.17, 15) is 14.7 Å². The van der Waals surface area contributed by atoms with Crippen LogP contribution in [0.2, 0.25) is 0 Å². The van der Waals surface area contributed by atoms with Gasteiger partial charge in [-0.1, -0.05) is 0 Å². The van der Waals surface area contributed by atoms with Gasteiger partial charge in [-0.3, -0.25) is 9.59 Å². The number of nitrogens with zero attached hydrogens (tertiary/aromatic N) is 1. The minimum Gasteiger partial charge on any atom is -0.383 e. The van der Waals surface area contributed by atoms with E-state index in [4.69, 9.17) is 0 Å². The first-order valence-electron chi connectivity index (χ1n) is 4.91. The molecule has 0 spiro atoms. The first-order valence-corrected chi connectivity index (χ1v) is 4.91. The second-order valence-electron chi connectivity index (χ2n) is 4.17. The number of hydrogen-bond donors (Lipinski definition) is 2. The molecule has 1 aliphatic heterocycles. The summed E-state index contributed by atoms with van der Waals surface area (Å²) in [5.74, 6) is -0.933. The molecule has 1 amide bonds. The number of nitrogens with one attached hydrogen (secondary N) is 1. The van der Waals surface area contributed by atoms with E-state index in [1.807, 2.05) is 0 Å². The van der Waals surface area contributed by atoms with Crippen LogP contribution in [0.25, 0.3) is 0 Å². The average Bonchev–Trinajstić information content (AvgIpc) is 2.32. The Balaban J connectivity index is 3.00. The van der Waals surface area contributed by atoms with Crippen LogP contribution in [0.5, 0.6) is 0 Å². The number of carbonyl (C=O) groups is 2. The maximum atomic E-state index is 11.7. The van der Waals surface area contributed by atoms with E-state index in [-0.39, 0.29) is 5.57 Å². The van der Waals surface area contributed by atoms with Crippen molar-refractivity contribution in [2.45, 2.75) is 19.6 Å². The Kier molecular flexibility index (Phi) is 3.19. The minimum absolute atomic E-state index is 0.0168. The number of ketones is 1. The quantitative estimate of drug-likeness (QED) is 0.514. The van der Waals surface area contributed by atoms with Crippen LogP contribution in [0, 0.1) is 0 Å². The van der Waals surface area contributed by atoms with Crippen molar-refractivity contribution in [1.29, 1.82) is 0 Å². The summed E-state index contributed by atoms with van der Waals surface area (Å²) >= 11 is 0. The lowest BCUT2D eigenvalue weighted by atomic mass is 10.0. The summed E-state index contributed by atoms with van der Waals surface area (Å²) in [4.78, 5) is 24.9. The SMILES string of the molecule is CC1=C(C(=O)/C=C/N(C)C)C(=O)N[C@]1(C)O. The predicted octanol–water partition coefficient (Wildman–Crippen LogP) is -0.214. The number of amides is 1. The van der Waals surface area contributed by atoms with Gasteiger partial charge in [0.2, 0.25) is 0 Å². The number of rotatable bonds is 3. The largest absolute Gasteiger partial charge is 0.383 e. The van der Waals surface area contributed by atoms with Gasteiger partial charge in [-0.15, -0.1) is 0 Å². The molecular formula is C11H16N2O3. The fourth-order valence-corrected chi connectivity index (χ4v) is 1.39. The van der Waals surface area contributed by atoms with Crippen LogP contribution >= 0.6 is 0 Å². The highest BCUT2D eigenvalue weighted by atomic mass is 16.3. The molecule has 0 fully saturated rings. The molecule has 2 N–H and O–H groups in total. The summed E-state index contributed by atoms with van der Waals surface area (Å²) < 4.78 is 0. The maximum absolute atomic E-state index is 11.7. The fraction of sp³-hybridized carbons (Fsp3) is 0.455. The third-order valence-electron chi connectivity index (χ3n) is 2.46. The van der Waals surface area contributed by atoms with E-state index in [1.165, 1.54) is 13.0 Å². The summed E-state index contributed by atoms with van der Waals surface area (Å²) in [7, 11) is 3.55. The molecule has 1 heterocycles. The zero-order chi connectivity index (χ0) is 12.5. The molecule has 16 heavy (non-hydrogen) atoms. The van der Waals surface area contributed by atoms with Gasteiger partial charge in [-0.2, -0.15) is 0 Å². The number of aliphatic hydroxyl groups is 1. The summed E-state index contributed by atoms with van der Waals surface area (Å²) in [6.07, 6.45) is 2.86. The molecular weight excluding hydrogens is 208 g/mol. The molecule has 0 saturated carbocycles. The van der Waals surface area contributed by atoms with Gasteiger partial charge < -0.3 is 15.3 Å². The van der Waals surface area contributed by atoms with Crippen LogP contribution in [0.15, 0.2) is 23.4 Å². The Hall–Kier alpha value is -1.62. The standard InChI is InChI=1S/C11H16N2O3/c1-7-9(8(14)5-6-13(3)4)10(15)12-11(7,2)16/h5-6,16H,1-4H3,(H,12,15)/b6-5+/t11-/m1/s1. The molecule has 0 radical (unpaired) electrons. The van der Waals surface area contributed by atoms with Gasteiger partial charge in [0, 0.05) is 26.4 Å². The lowest BCUT2D eigenvalue weighted by Crippen LogP contribution is -2.40. The second kappa shape index (κ2) is 4.09. The van der Waals surface area contributed by atoms with Crippen LogP contribution in [0.1, 0.15) is 13.8 Å².